The monoisotopic (exact) mass is 550 g/mol. The number of hydrogen-bond acceptors (Lipinski definition) is 6. The van der Waals surface area contributed by atoms with Gasteiger partial charge in [0.05, 0.1) is 5.69 Å². The Kier molecular flexibility index (Phi) is 6.87. The van der Waals surface area contributed by atoms with E-state index >= 15 is 0 Å². The second-order valence-corrected chi connectivity index (χ2v) is 11.0. The van der Waals surface area contributed by atoms with Crippen molar-refractivity contribution in [2.75, 3.05) is 0 Å². The first-order valence-corrected chi connectivity index (χ1v) is 12.9. The molecule has 5 rings (SSSR count). The summed E-state index contributed by atoms with van der Waals surface area (Å²) in [5, 5.41) is 17.5. The molecule has 38 heavy (non-hydrogen) atoms. The Morgan fingerprint density at radius 1 is 1.21 bits per heavy atom. The number of rotatable bonds is 12. The summed E-state index contributed by atoms with van der Waals surface area (Å²) in [4.78, 5) is 24.3. The largest absolute Gasteiger partial charge is 0.481 e. The predicted molar refractivity (Wildman–Crippen MR) is 130 cm³/mol. The number of carbonyl (C=O) groups is 2. The highest BCUT2D eigenvalue weighted by Crippen LogP contribution is 2.61. The second-order valence-electron chi connectivity index (χ2n) is 10.6. The molecule has 2 saturated carbocycles. The minimum absolute atomic E-state index is 0.0176. The molecule has 202 valence electrons. The van der Waals surface area contributed by atoms with Crippen molar-refractivity contribution in [3.05, 3.63) is 57.7 Å². The van der Waals surface area contributed by atoms with E-state index in [1.54, 1.807) is 0 Å². The van der Waals surface area contributed by atoms with E-state index in [4.69, 9.17) is 20.6 Å². The second kappa shape index (κ2) is 9.87. The molecule has 7 nitrogen and oxygen atoms in total. The molecule has 11 heteroatoms. The van der Waals surface area contributed by atoms with Crippen molar-refractivity contribution in [3.8, 4) is 11.5 Å². The summed E-state index contributed by atoms with van der Waals surface area (Å²) in [5.74, 6) is -6.11. The Morgan fingerprint density at radius 3 is 2.58 bits per heavy atom. The van der Waals surface area contributed by atoms with E-state index in [9.17, 15) is 27.9 Å². The standard InChI is InChI=1S/C27H26ClF3N2O5/c1-26(8-9-26)27(30,31)21-13-20(32-37-21)25-23(14-2-3-14)24(33-38-25)16(5-7-22(35)36)11-18(34)10-15-4-6-17(28)12-19(15)29/h4,6,12-14,16H,2-3,5,7-11H2,1H3,(H,35,36)/t16-/m0/s1. The minimum atomic E-state index is -3.19. The third kappa shape index (κ3) is 5.23. The number of Topliss-reactive ketones (excluding diaryl/α,β-unsaturated/α-hetero) is 1. The van der Waals surface area contributed by atoms with Gasteiger partial charge in [0.15, 0.2) is 11.5 Å². The molecule has 2 fully saturated rings. The number of carboxylic acid groups (broad SMARTS) is 1. The normalized spacial score (nSPS) is 17.4. The van der Waals surface area contributed by atoms with Crippen molar-refractivity contribution in [3.63, 3.8) is 0 Å². The van der Waals surface area contributed by atoms with Crippen LogP contribution in [0.25, 0.3) is 11.5 Å². The predicted octanol–water partition coefficient (Wildman–Crippen LogP) is 7.04. The van der Waals surface area contributed by atoms with Crippen LogP contribution in [-0.2, 0) is 21.9 Å². The Labute approximate surface area is 221 Å². The maximum absolute atomic E-state index is 14.9. The van der Waals surface area contributed by atoms with Crippen LogP contribution in [0.4, 0.5) is 13.2 Å². The van der Waals surface area contributed by atoms with Crippen molar-refractivity contribution in [1.29, 1.82) is 0 Å². The number of benzene rings is 1. The van der Waals surface area contributed by atoms with Crippen molar-refractivity contribution < 1.29 is 36.9 Å². The minimum Gasteiger partial charge on any atom is -0.481 e. The molecule has 0 aliphatic heterocycles. The van der Waals surface area contributed by atoms with Gasteiger partial charge in [-0.2, -0.15) is 8.78 Å². The molecule has 0 radical (unpaired) electrons. The number of aromatic nitrogens is 2. The van der Waals surface area contributed by atoms with E-state index in [1.165, 1.54) is 25.1 Å². The van der Waals surface area contributed by atoms with Crippen LogP contribution < -0.4 is 0 Å². The highest BCUT2D eigenvalue weighted by Gasteiger charge is 2.61. The van der Waals surface area contributed by atoms with Gasteiger partial charge in [-0.15, -0.1) is 0 Å². The smallest absolute Gasteiger partial charge is 0.312 e. The van der Waals surface area contributed by atoms with Gasteiger partial charge in [-0.3, -0.25) is 9.59 Å². The fraction of sp³-hybridized carbons (Fsp3) is 0.481. The number of carboxylic acids is 1. The fourth-order valence-electron chi connectivity index (χ4n) is 4.74. The highest BCUT2D eigenvalue weighted by atomic mass is 35.5. The lowest BCUT2D eigenvalue weighted by atomic mass is 9.87. The lowest BCUT2D eigenvalue weighted by Gasteiger charge is -2.19. The van der Waals surface area contributed by atoms with Gasteiger partial charge in [0.1, 0.15) is 11.6 Å². The molecule has 1 aromatic carbocycles. The average Bonchev–Trinajstić information content (AvgIpc) is 3.74. The molecule has 0 bridgehead atoms. The number of aliphatic carboxylic acids is 1. The molecule has 2 heterocycles. The van der Waals surface area contributed by atoms with E-state index in [1.807, 2.05) is 0 Å². The van der Waals surface area contributed by atoms with Gasteiger partial charge in [-0.25, -0.2) is 4.39 Å². The Bertz CT molecular complexity index is 1380. The van der Waals surface area contributed by atoms with Crippen molar-refractivity contribution in [2.24, 2.45) is 5.41 Å². The van der Waals surface area contributed by atoms with Crippen molar-refractivity contribution in [2.45, 2.75) is 76.0 Å². The summed E-state index contributed by atoms with van der Waals surface area (Å²) in [6, 6.07) is 5.22. The van der Waals surface area contributed by atoms with Crippen molar-refractivity contribution >= 4 is 23.4 Å². The van der Waals surface area contributed by atoms with Crippen LogP contribution in [-0.4, -0.2) is 27.2 Å². The third-order valence-corrected chi connectivity index (χ3v) is 7.76. The van der Waals surface area contributed by atoms with Crippen LogP contribution >= 0.6 is 11.6 Å². The van der Waals surface area contributed by atoms with Gasteiger partial charge in [-0.05, 0) is 55.7 Å². The first-order chi connectivity index (χ1) is 18.0. The van der Waals surface area contributed by atoms with E-state index in [0.29, 0.717) is 24.1 Å². The number of alkyl halides is 2. The highest BCUT2D eigenvalue weighted by molar-refractivity contribution is 6.30. The zero-order valence-electron chi connectivity index (χ0n) is 20.6. The first-order valence-electron chi connectivity index (χ1n) is 12.5. The van der Waals surface area contributed by atoms with Crippen LogP contribution in [0.5, 0.6) is 0 Å². The van der Waals surface area contributed by atoms with Gasteiger partial charge in [0.2, 0.25) is 5.76 Å². The summed E-state index contributed by atoms with van der Waals surface area (Å²) >= 11 is 5.79. The Hall–Kier alpha value is -3.14. The third-order valence-electron chi connectivity index (χ3n) is 7.52. The number of halogens is 4. The topological polar surface area (TPSA) is 106 Å². The SMILES string of the molecule is CC1(C(F)(F)c2cc(-c3onc([C@@H](CCC(=O)O)CC(=O)Cc4ccc(Cl)cc4F)c3C3CC3)no2)CC1. The van der Waals surface area contributed by atoms with Crippen LogP contribution in [0.2, 0.25) is 5.02 Å². The molecule has 0 amide bonds. The number of ketones is 1. The molecule has 1 atom stereocenters. The van der Waals surface area contributed by atoms with E-state index in [0.717, 1.165) is 18.9 Å². The van der Waals surface area contributed by atoms with Gasteiger partial charge in [0.25, 0.3) is 0 Å². The first kappa shape index (κ1) is 26.5. The molecule has 0 spiro atoms. The molecule has 3 aromatic rings. The van der Waals surface area contributed by atoms with E-state index < -0.39 is 34.8 Å². The molecule has 0 unspecified atom stereocenters. The zero-order valence-corrected chi connectivity index (χ0v) is 21.4. The van der Waals surface area contributed by atoms with Gasteiger partial charge >= 0.3 is 11.9 Å². The molecule has 2 aliphatic carbocycles. The lowest BCUT2D eigenvalue weighted by Crippen LogP contribution is -2.24. The quantitative estimate of drug-likeness (QED) is 0.258. The molecular formula is C27H26ClF3N2O5. The van der Waals surface area contributed by atoms with Crippen LogP contribution in [0, 0.1) is 11.2 Å². The van der Waals surface area contributed by atoms with Crippen LogP contribution in [0.1, 0.15) is 86.3 Å². The molecule has 1 N–H and O–H groups in total. The number of hydrogen-bond donors (Lipinski definition) is 1. The summed E-state index contributed by atoms with van der Waals surface area (Å²) < 4.78 is 54.7. The van der Waals surface area contributed by atoms with E-state index in [-0.39, 0.29) is 59.4 Å². The Morgan fingerprint density at radius 2 is 1.95 bits per heavy atom. The molecular weight excluding hydrogens is 525 g/mol. The fourth-order valence-corrected chi connectivity index (χ4v) is 4.90. The molecule has 2 aromatic heterocycles. The molecule has 2 aliphatic rings. The lowest BCUT2D eigenvalue weighted by molar-refractivity contribution is -0.137. The zero-order chi connectivity index (χ0) is 27.2. The number of carbonyl (C=O) groups excluding carboxylic acids is 1. The summed E-state index contributed by atoms with van der Waals surface area (Å²) in [6.45, 7) is 1.50. The van der Waals surface area contributed by atoms with E-state index in [2.05, 4.69) is 10.3 Å². The van der Waals surface area contributed by atoms with Gasteiger partial charge < -0.3 is 14.2 Å². The molecule has 0 saturated heterocycles. The maximum atomic E-state index is 14.9. The van der Waals surface area contributed by atoms with Gasteiger partial charge in [0, 0.05) is 47.2 Å². The van der Waals surface area contributed by atoms with Crippen LogP contribution in [0.3, 0.4) is 0 Å². The van der Waals surface area contributed by atoms with Gasteiger partial charge in [-0.1, -0.05) is 34.9 Å². The Balaban J connectivity index is 1.43. The van der Waals surface area contributed by atoms with Crippen LogP contribution in [0.15, 0.2) is 33.3 Å². The number of nitrogens with zero attached hydrogens (tertiary/aromatic N) is 2. The maximum Gasteiger partial charge on any atom is 0.312 e. The summed E-state index contributed by atoms with van der Waals surface area (Å²) in [7, 11) is 0. The average molecular weight is 551 g/mol. The summed E-state index contributed by atoms with van der Waals surface area (Å²) in [5.41, 5.74) is 0.128. The summed E-state index contributed by atoms with van der Waals surface area (Å²) in [6.07, 6.45) is 1.95. The van der Waals surface area contributed by atoms with Crippen molar-refractivity contribution in [1.82, 2.24) is 10.3 Å².